The van der Waals surface area contributed by atoms with Crippen molar-refractivity contribution in [2.45, 2.75) is 13.8 Å². The number of anilines is 1. The minimum atomic E-state index is 0.457. The molecule has 0 aliphatic carbocycles. The Bertz CT molecular complexity index is 1050. The third-order valence-corrected chi connectivity index (χ3v) is 3.87. The van der Waals surface area contributed by atoms with E-state index in [9.17, 15) is 0 Å². The Morgan fingerprint density at radius 1 is 1.04 bits per heavy atom. The number of benzene rings is 1. The lowest BCUT2D eigenvalue weighted by atomic mass is 10.2. The van der Waals surface area contributed by atoms with E-state index in [-0.39, 0.29) is 0 Å². The van der Waals surface area contributed by atoms with Crippen LogP contribution < -0.4 is 5.43 Å². The summed E-state index contributed by atoms with van der Waals surface area (Å²) in [4.78, 5) is 8.63. The van der Waals surface area contributed by atoms with Crippen LogP contribution in [0.2, 0.25) is 0 Å². The molecule has 0 unspecified atom stereocenters. The van der Waals surface area contributed by atoms with Gasteiger partial charge in [0.05, 0.1) is 18.2 Å². The van der Waals surface area contributed by atoms with Gasteiger partial charge in [-0.3, -0.25) is 0 Å². The van der Waals surface area contributed by atoms with E-state index >= 15 is 0 Å². The Morgan fingerprint density at radius 3 is 2.52 bits per heavy atom. The van der Waals surface area contributed by atoms with Crippen molar-refractivity contribution in [1.82, 2.24) is 19.7 Å². The number of hydrazone groups is 1. The maximum atomic E-state index is 5.52. The van der Waals surface area contributed by atoms with Gasteiger partial charge in [0.25, 0.3) is 0 Å². The fourth-order valence-corrected chi connectivity index (χ4v) is 2.74. The molecule has 4 aromatic rings. The summed E-state index contributed by atoms with van der Waals surface area (Å²) in [5, 5.41) is 8.93. The largest absolute Gasteiger partial charge is 0.463 e. The summed E-state index contributed by atoms with van der Waals surface area (Å²) in [7, 11) is 0. The lowest BCUT2D eigenvalue weighted by Crippen LogP contribution is -1.99. The highest BCUT2D eigenvalue weighted by Crippen LogP contribution is 2.23. The first kappa shape index (κ1) is 16.7. The van der Waals surface area contributed by atoms with Crippen LogP contribution in [0.1, 0.15) is 17.0 Å². The van der Waals surface area contributed by atoms with Crippen molar-refractivity contribution in [3.63, 3.8) is 0 Å². The van der Waals surface area contributed by atoms with Gasteiger partial charge in [0.1, 0.15) is 5.69 Å². The number of hydrogen-bond acceptors (Lipinski definition) is 6. The second-order valence-corrected chi connectivity index (χ2v) is 6.03. The normalized spacial score (nSPS) is 11.2. The lowest BCUT2D eigenvalue weighted by molar-refractivity contribution is 0.579. The first-order chi connectivity index (χ1) is 13.2. The van der Waals surface area contributed by atoms with Gasteiger partial charge in [0.2, 0.25) is 5.95 Å². The number of nitrogens with one attached hydrogen (secondary N) is 1. The zero-order valence-electron chi connectivity index (χ0n) is 15.0. The summed E-state index contributed by atoms with van der Waals surface area (Å²) in [6.45, 7) is 3.84. The highest BCUT2D eigenvalue weighted by Gasteiger charge is 2.13. The van der Waals surface area contributed by atoms with Gasteiger partial charge in [-0.1, -0.05) is 18.2 Å². The minimum Gasteiger partial charge on any atom is -0.463 e. The van der Waals surface area contributed by atoms with Crippen LogP contribution in [0.25, 0.3) is 17.1 Å². The molecule has 0 spiro atoms. The number of para-hydroxylation sites is 1. The van der Waals surface area contributed by atoms with Crippen LogP contribution in [0.3, 0.4) is 0 Å². The van der Waals surface area contributed by atoms with Crippen LogP contribution in [0.4, 0.5) is 5.95 Å². The number of aromatic nitrogens is 4. The molecule has 1 N–H and O–H groups in total. The predicted molar refractivity (Wildman–Crippen MR) is 104 cm³/mol. The Morgan fingerprint density at radius 2 is 1.81 bits per heavy atom. The Labute approximate surface area is 156 Å². The SMILES string of the molecule is Cc1cc(C)nc(N/N=C\c2cn(-c3ccccc3)nc2-c2ccco2)n1. The third kappa shape index (κ3) is 3.77. The van der Waals surface area contributed by atoms with Crippen LogP contribution >= 0.6 is 0 Å². The molecule has 3 aromatic heterocycles. The topological polar surface area (TPSA) is 81.1 Å². The number of rotatable bonds is 5. The van der Waals surface area contributed by atoms with E-state index < -0.39 is 0 Å². The molecule has 134 valence electrons. The molecule has 0 saturated heterocycles. The van der Waals surface area contributed by atoms with Crippen LogP contribution in [-0.2, 0) is 0 Å². The van der Waals surface area contributed by atoms with Crippen molar-refractivity contribution in [2.24, 2.45) is 5.10 Å². The Kier molecular flexibility index (Phi) is 4.49. The summed E-state index contributed by atoms with van der Waals surface area (Å²) >= 11 is 0. The molecule has 0 radical (unpaired) electrons. The Balaban J connectivity index is 1.65. The van der Waals surface area contributed by atoms with E-state index in [1.165, 1.54) is 0 Å². The van der Waals surface area contributed by atoms with Crippen LogP contribution in [0.15, 0.2) is 70.5 Å². The maximum absolute atomic E-state index is 5.52. The molecular formula is C20H18N6O. The van der Waals surface area contributed by atoms with Gasteiger partial charge in [-0.25, -0.2) is 20.1 Å². The molecule has 0 fully saturated rings. The van der Waals surface area contributed by atoms with Gasteiger partial charge in [-0.2, -0.15) is 10.2 Å². The smallest absolute Gasteiger partial charge is 0.243 e. The Hall–Kier alpha value is -3.74. The summed E-state index contributed by atoms with van der Waals surface area (Å²) in [5.74, 6) is 1.13. The predicted octanol–water partition coefficient (Wildman–Crippen LogP) is 3.99. The zero-order chi connectivity index (χ0) is 18.6. The van der Waals surface area contributed by atoms with Crippen molar-refractivity contribution in [3.05, 3.63) is 77.9 Å². The van der Waals surface area contributed by atoms with E-state index in [2.05, 4.69) is 25.6 Å². The molecule has 0 amide bonds. The molecule has 0 saturated carbocycles. The summed E-state index contributed by atoms with van der Waals surface area (Å²) < 4.78 is 7.32. The van der Waals surface area contributed by atoms with Gasteiger partial charge in [-0.15, -0.1) is 0 Å². The number of nitrogens with zero attached hydrogens (tertiary/aromatic N) is 5. The summed E-state index contributed by atoms with van der Waals surface area (Å²) in [6.07, 6.45) is 5.21. The molecule has 7 heteroatoms. The van der Waals surface area contributed by atoms with Gasteiger partial charge >= 0.3 is 0 Å². The van der Waals surface area contributed by atoms with Crippen molar-refractivity contribution in [3.8, 4) is 17.1 Å². The quantitative estimate of drug-likeness (QED) is 0.431. The third-order valence-electron chi connectivity index (χ3n) is 3.87. The van der Waals surface area contributed by atoms with Crippen molar-refractivity contribution in [1.29, 1.82) is 0 Å². The van der Waals surface area contributed by atoms with Crippen molar-refractivity contribution < 1.29 is 4.42 Å². The summed E-state index contributed by atoms with van der Waals surface area (Å²) in [5.41, 5.74) is 7.11. The molecule has 0 bridgehead atoms. The fourth-order valence-electron chi connectivity index (χ4n) is 2.74. The van der Waals surface area contributed by atoms with Crippen LogP contribution in [-0.4, -0.2) is 26.0 Å². The fraction of sp³-hybridized carbons (Fsp3) is 0.100. The van der Waals surface area contributed by atoms with Gasteiger partial charge in [0.15, 0.2) is 5.76 Å². The molecule has 1 aromatic carbocycles. The number of furan rings is 1. The highest BCUT2D eigenvalue weighted by molar-refractivity contribution is 5.88. The molecule has 4 rings (SSSR count). The van der Waals surface area contributed by atoms with E-state index in [1.54, 1.807) is 17.2 Å². The molecule has 7 nitrogen and oxygen atoms in total. The average Bonchev–Trinajstić information content (AvgIpc) is 3.31. The first-order valence-electron chi connectivity index (χ1n) is 8.49. The number of hydrogen-bond donors (Lipinski definition) is 1. The van der Waals surface area contributed by atoms with Crippen molar-refractivity contribution in [2.75, 3.05) is 5.43 Å². The van der Waals surface area contributed by atoms with Gasteiger partial charge in [-0.05, 0) is 44.2 Å². The second kappa shape index (κ2) is 7.25. The summed E-state index contributed by atoms with van der Waals surface area (Å²) in [6, 6.07) is 15.5. The minimum absolute atomic E-state index is 0.457. The van der Waals surface area contributed by atoms with E-state index in [0.717, 1.165) is 22.6 Å². The molecule has 3 heterocycles. The van der Waals surface area contributed by atoms with Gasteiger partial charge in [0, 0.05) is 23.1 Å². The average molecular weight is 358 g/mol. The van der Waals surface area contributed by atoms with Crippen LogP contribution in [0, 0.1) is 13.8 Å². The monoisotopic (exact) mass is 358 g/mol. The first-order valence-corrected chi connectivity index (χ1v) is 8.49. The molecule has 0 aliphatic rings. The maximum Gasteiger partial charge on any atom is 0.243 e. The van der Waals surface area contributed by atoms with E-state index in [1.807, 2.05) is 68.6 Å². The molecule has 0 atom stereocenters. The highest BCUT2D eigenvalue weighted by atomic mass is 16.3. The molecule has 27 heavy (non-hydrogen) atoms. The van der Waals surface area contributed by atoms with E-state index in [0.29, 0.717) is 17.4 Å². The number of aryl methyl sites for hydroxylation is 2. The molecule has 0 aliphatic heterocycles. The molecular weight excluding hydrogens is 340 g/mol. The zero-order valence-corrected chi connectivity index (χ0v) is 15.0. The van der Waals surface area contributed by atoms with Crippen molar-refractivity contribution >= 4 is 12.2 Å². The van der Waals surface area contributed by atoms with Gasteiger partial charge < -0.3 is 4.42 Å². The van der Waals surface area contributed by atoms with E-state index in [4.69, 9.17) is 4.42 Å². The standard InChI is InChI=1S/C20H18N6O/c1-14-11-15(2)23-20(22-14)24-21-12-16-13-26(17-7-4-3-5-8-17)25-19(16)18-9-6-10-27-18/h3-13H,1-2H3,(H,22,23,24)/b21-12-. The second-order valence-electron chi connectivity index (χ2n) is 6.03. The lowest BCUT2D eigenvalue weighted by Gasteiger charge is -2.01. The van der Waals surface area contributed by atoms with Crippen LogP contribution in [0.5, 0.6) is 0 Å².